The van der Waals surface area contributed by atoms with Gasteiger partial charge < -0.3 is 13.7 Å². The number of furan rings is 1. The van der Waals surface area contributed by atoms with Crippen LogP contribution < -0.4 is 0 Å². The first kappa shape index (κ1) is 15.2. The van der Waals surface area contributed by atoms with Gasteiger partial charge in [-0.05, 0) is 29.7 Å². The Morgan fingerprint density at radius 1 is 1.17 bits per heavy atom. The molecule has 0 atom stereocenters. The van der Waals surface area contributed by atoms with Crippen molar-refractivity contribution < 1.29 is 18.5 Å². The lowest BCUT2D eigenvalue weighted by molar-refractivity contribution is -0.139. The number of ether oxygens (including phenoxy) is 1. The minimum atomic E-state index is -0.434. The molecule has 23 heavy (non-hydrogen) atoms. The molecule has 0 aliphatic carbocycles. The Morgan fingerprint density at radius 2 is 2.04 bits per heavy atom. The zero-order valence-corrected chi connectivity index (χ0v) is 12.9. The van der Waals surface area contributed by atoms with Gasteiger partial charge in [0.2, 0.25) is 5.76 Å². The van der Waals surface area contributed by atoms with Crippen molar-refractivity contribution in [2.24, 2.45) is 0 Å². The Hall–Kier alpha value is -2.73. The van der Waals surface area contributed by atoms with E-state index in [1.54, 1.807) is 29.9 Å². The predicted octanol–water partition coefficient (Wildman–Crippen LogP) is 4.28. The molecule has 0 N–H and O–H groups in total. The zero-order valence-electron chi connectivity index (χ0n) is 12.0. The van der Waals surface area contributed by atoms with Gasteiger partial charge in [-0.25, -0.2) is 4.79 Å². The van der Waals surface area contributed by atoms with Crippen LogP contribution in [0.25, 0.3) is 11.5 Å². The molecule has 0 spiro atoms. The molecule has 3 rings (SSSR count). The lowest BCUT2D eigenvalue weighted by atomic mass is 10.3. The molecule has 3 aromatic rings. The number of carbonyl (C=O) groups is 1. The number of nitrogens with zero attached hydrogens (tertiary/aromatic N) is 1. The summed E-state index contributed by atoms with van der Waals surface area (Å²) >= 11 is 1.44. The lowest BCUT2D eigenvalue weighted by Crippen LogP contribution is -2.00. The van der Waals surface area contributed by atoms with E-state index >= 15 is 0 Å². The highest BCUT2D eigenvalue weighted by Crippen LogP contribution is 2.21. The van der Waals surface area contributed by atoms with Gasteiger partial charge in [0.1, 0.15) is 12.3 Å². The van der Waals surface area contributed by atoms with Crippen LogP contribution in [0.1, 0.15) is 5.69 Å². The monoisotopic (exact) mass is 327 g/mol. The number of thioether (sulfide) groups is 1. The number of hydrogen-bond acceptors (Lipinski definition) is 6. The van der Waals surface area contributed by atoms with Crippen LogP contribution in [-0.2, 0) is 16.1 Å². The highest BCUT2D eigenvalue weighted by molar-refractivity contribution is 8.02. The van der Waals surface area contributed by atoms with Crippen LogP contribution in [0.2, 0.25) is 0 Å². The fourth-order valence-corrected chi connectivity index (χ4v) is 2.43. The maximum absolute atomic E-state index is 11.6. The predicted molar refractivity (Wildman–Crippen MR) is 85.4 cm³/mol. The van der Waals surface area contributed by atoms with E-state index in [1.165, 1.54) is 17.8 Å². The highest BCUT2D eigenvalue weighted by atomic mass is 32.2. The smallest absolute Gasteiger partial charge is 0.331 e. The van der Waals surface area contributed by atoms with Crippen LogP contribution in [0.5, 0.6) is 0 Å². The summed E-state index contributed by atoms with van der Waals surface area (Å²) in [5, 5.41) is 5.52. The summed E-state index contributed by atoms with van der Waals surface area (Å²) in [5.74, 6) is 0.640. The number of rotatable bonds is 6. The third-order valence-electron chi connectivity index (χ3n) is 2.84. The van der Waals surface area contributed by atoms with Crippen molar-refractivity contribution in [1.29, 1.82) is 0 Å². The van der Waals surface area contributed by atoms with Crippen LogP contribution in [0.15, 0.2) is 80.1 Å². The number of benzene rings is 1. The van der Waals surface area contributed by atoms with Gasteiger partial charge in [-0.3, -0.25) is 0 Å². The molecular formula is C17H13NO4S. The van der Waals surface area contributed by atoms with E-state index in [-0.39, 0.29) is 6.61 Å². The van der Waals surface area contributed by atoms with Gasteiger partial charge in [-0.2, -0.15) is 0 Å². The van der Waals surface area contributed by atoms with E-state index in [4.69, 9.17) is 13.7 Å². The molecule has 0 unspecified atom stereocenters. The summed E-state index contributed by atoms with van der Waals surface area (Å²) in [6.45, 7) is 0.0450. The summed E-state index contributed by atoms with van der Waals surface area (Å²) in [7, 11) is 0. The van der Waals surface area contributed by atoms with Crippen molar-refractivity contribution in [3.63, 3.8) is 0 Å². The largest absolute Gasteiger partial charge is 0.461 e. The van der Waals surface area contributed by atoms with E-state index in [0.29, 0.717) is 17.2 Å². The van der Waals surface area contributed by atoms with Gasteiger partial charge in [0.25, 0.3) is 0 Å². The average Bonchev–Trinajstić information content (AvgIpc) is 3.25. The molecule has 116 valence electrons. The van der Waals surface area contributed by atoms with Crippen LogP contribution >= 0.6 is 11.8 Å². The van der Waals surface area contributed by atoms with E-state index in [9.17, 15) is 4.79 Å². The second-order valence-corrected chi connectivity index (χ2v) is 5.48. The van der Waals surface area contributed by atoms with E-state index in [2.05, 4.69) is 5.16 Å². The van der Waals surface area contributed by atoms with Gasteiger partial charge in [-0.1, -0.05) is 35.1 Å². The minimum Gasteiger partial charge on any atom is -0.461 e. The summed E-state index contributed by atoms with van der Waals surface area (Å²) < 4.78 is 15.4. The molecule has 0 aliphatic rings. The Balaban J connectivity index is 1.47. The van der Waals surface area contributed by atoms with Crippen molar-refractivity contribution in [1.82, 2.24) is 5.16 Å². The normalized spacial score (nSPS) is 11.0. The molecule has 0 amide bonds. The quantitative estimate of drug-likeness (QED) is 0.382. The highest BCUT2D eigenvalue weighted by Gasteiger charge is 2.10. The van der Waals surface area contributed by atoms with E-state index < -0.39 is 5.97 Å². The molecule has 1 aromatic carbocycles. The fourth-order valence-electron chi connectivity index (χ4n) is 1.78. The molecule has 0 radical (unpaired) electrons. The number of aromatic nitrogens is 1. The molecule has 0 fully saturated rings. The van der Waals surface area contributed by atoms with Crippen LogP contribution in [0.4, 0.5) is 0 Å². The van der Waals surface area contributed by atoms with Crippen LogP contribution in [-0.4, -0.2) is 11.1 Å². The Labute approximate surface area is 136 Å². The second kappa shape index (κ2) is 7.51. The summed E-state index contributed by atoms with van der Waals surface area (Å²) in [6.07, 6.45) is 2.93. The number of esters is 1. The SMILES string of the molecule is O=C(/C=C/Sc1ccccc1)OCc1cc(-c2ccco2)on1. The molecule has 6 heteroatoms. The van der Waals surface area contributed by atoms with Crippen molar-refractivity contribution in [3.05, 3.63) is 72.0 Å². The third kappa shape index (κ3) is 4.37. The molecule has 0 saturated carbocycles. The van der Waals surface area contributed by atoms with Gasteiger partial charge in [0, 0.05) is 17.0 Å². The van der Waals surface area contributed by atoms with Crippen LogP contribution in [0, 0.1) is 0 Å². The third-order valence-corrected chi connectivity index (χ3v) is 3.65. The van der Waals surface area contributed by atoms with Crippen molar-refractivity contribution >= 4 is 17.7 Å². The molecule has 0 bridgehead atoms. The molecule has 2 aromatic heterocycles. The topological polar surface area (TPSA) is 65.5 Å². The Bertz CT molecular complexity index is 778. The zero-order chi connectivity index (χ0) is 15.9. The van der Waals surface area contributed by atoms with Crippen molar-refractivity contribution in [2.45, 2.75) is 11.5 Å². The first-order valence-corrected chi connectivity index (χ1v) is 7.74. The minimum absolute atomic E-state index is 0.0450. The Morgan fingerprint density at radius 3 is 2.83 bits per heavy atom. The summed E-state index contributed by atoms with van der Waals surface area (Å²) in [6, 6.07) is 14.9. The van der Waals surface area contributed by atoms with Crippen molar-refractivity contribution in [3.8, 4) is 11.5 Å². The van der Waals surface area contributed by atoms with Gasteiger partial charge in [0.05, 0.1) is 6.26 Å². The van der Waals surface area contributed by atoms with Gasteiger partial charge in [0.15, 0.2) is 5.76 Å². The maximum Gasteiger partial charge on any atom is 0.331 e. The van der Waals surface area contributed by atoms with Gasteiger partial charge in [-0.15, -0.1) is 0 Å². The second-order valence-electron chi connectivity index (χ2n) is 4.50. The van der Waals surface area contributed by atoms with Crippen LogP contribution in [0.3, 0.4) is 0 Å². The van der Waals surface area contributed by atoms with E-state index in [0.717, 1.165) is 4.90 Å². The molecule has 0 saturated heterocycles. The lowest BCUT2D eigenvalue weighted by Gasteiger charge is -1.97. The van der Waals surface area contributed by atoms with Gasteiger partial charge >= 0.3 is 5.97 Å². The maximum atomic E-state index is 11.6. The van der Waals surface area contributed by atoms with E-state index in [1.807, 2.05) is 30.3 Å². The molecule has 2 heterocycles. The fraction of sp³-hybridized carbons (Fsp3) is 0.0588. The number of hydrogen-bond donors (Lipinski definition) is 0. The average molecular weight is 327 g/mol. The standard InChI is InChI=1S/C17H13NO4S/c19-17(8-10-23-14-5-2-1-3-6-14)21-12-13-11-16(22-18-13)15-7-4-9-20-15/h1-11H,12H2/b10-8+. The first-order chi connectivity index (χ1) is 11.3. The Kier molecular flexibility index (Phi) is 4.95. The first-order valence-electron chi connectivity index (χ1n) is 6.86. The molecule has 5 nitrogen and oxygen atoms in total. The molecular weight excluding hydrogens is 314 g/mol. The summed E-state index contributed by atoms with van der Waals surface area (Å²) in [4.78, 5) is 12.7. The van der Waals surface area contributed by atoms with Crippen molar-refractivity contribution in [2.75, 3.05) is 0 Å². The summed E-state index contributed by atoms with van der Waals surface area (Å²) in [5.41, 5.74) is 0.522. The molecule has 0 aliphatic heterocycles. The number of carbonyl (C=O) groups excluding carboxylic acids is 1.